The fourth-order valence-electron chi connectivity index (χ4n) is 2.77. The van der Waals surface area contributed by atoms with Crippen LogP contribution in [0.1, 0.15) is 36.0 Å². The molecule has 0 radical (unpaired) electrons. The second-order valence-corrected chi connectivity index (χ2v) is 5.38. The maximum absolute atomic E-state index is 11.6. The molecule has 0 spiro atoms. The summed E-state index contributed by atoms with van der Waals surface area (Å²) in [6, 6.07) is 5.72. The average molecular weight is 282 g/mol. The molecular formula is C14H20ClN3O. The third kappa shape index (κ3) is 3.19. The van der Waals surface area contributed by atoms with Crippen LogP contribution in [0.15, 0.2) is 18.2 Å². The Morgan fingerprint density at radius 3 is 2.89 bits per heavy atom. The van der Waals surface area contributed by atoms with Crippen LogP contribution >= 0.6 is 11.6 Å². The van der Waals surface area contributed by atoms with E-state index in [1.165, 1.54) is 6.42 Å². The largest absolute Gasteiger partial charge is 0.368 e. The molecule has 4 nitrogen and oxygen atoms in total. The van der Waals surface area contributed by atoms with Gasteiger partial charge < -0.3 is 16.4 Å². The number of benzene rings is 1. The first-order chi connectivity index (χ1) is 9.13. The van der Waals surface area contributed by atoms with Crippen molar-refractivity contribution in [3.8, 4) is 0 Å². The van der Waals surface area contributed by atoms with Crippen molar-refractivity contribution in [1.29, 1.82) is 0 Å². The molecule has 0 saturated carbocycles. The van der Waals surface area contributed by atoms with Crippen LogP contribution in [0.25, 0.3) is 0 Å². The molecule has 1 unspecified atom stereocenters. The number of hydrogen-bond donors (Lipinski definition) is 2. The van der Waals surface area contributed by atoms with Crippen LogP contribution in [-0.4, -0.2) is 25.0 Å². The fourth-order valence-corrected chi connectivity index (χ4v) is 2.94. The SMILES string of the molecule is NCCC1CCCCN1c1ccc(Cl)cc1C(N)=O. The minimum Gasteiger partial charge on any atom is -0.368 e. The summed E-state index contributed by atoms with van der Waals surface area (Å²) in [5.74, 6) is -0.436. The summed E-state index contributed by atoms with van der Waals surface area (Å²) in [6.07, 6.45) is 4.38. The van der Waals surface area contributed by atoms with E-state index in [1.54, 1.807) is 12.1 Å². The van der Waals surface area contributed by atoms with E-state index >= 15 is 0 Å². The molecule has 1 amide bonds. The van der Waals surface area contributed by atoms with Gasteiger partial charge in [-0.2, -0.15) is 0 Å². The van der Waals surface area contributed by atoms with Gasteiger partial charge in [0.25, 0.3) is 5.91 Å². The highest BCUT2D eigenvalue weighted by Gasteiger charge is 2.25. The number of anilines is 1. The van der Waals surface area contributed by atoms with Crippen molar-refractivity contribution in [2.75, 3.05) is 18.0 Å². The van der Waals surface area contributed by atoms with Crippen molar-refractivity contribution in [1.82, 2.24) is 0 Å². The van der Waals surface area contributed by atoms with Crippen LogP contribution in [0.3, 0.4) is 0 Å². The molecule has 1 aromatic carbocycles. The van der Waals surface area contributed by atoms with E-state index in [9.17, 15) is 4.79 Å². The van der Waals surface area contributed by atoms with Crippen molar-refractivity contribution in [2.24, 2.45) is 11.5 Å². The van der Waals surface area contributed by atoms with E-state index in [0.29, 0.717) is 23.2 Å². The van der Waals surface area contributed by atoms with Gasteiger partial charge in [0.2, 0.25) is 0 Å². The zero-order chi connectivity index (χ0) is 13.8. The Hall–Kier alpha value is -1.26. The standard InChI is InChI=1S/C14H20ClN3O/c15-10-4-5-13(12(9-10)14(17)19)18-8-2-1-3-11(18)6-7-16/h4-5,9,11H,1-3,6-8,16H2,(H2,17,19). The fraction of sp³-hybridized carbons (Fsp3) is 0.500. The van der Waals surface area contributed by atoms with Gasteiger partial charge in [0, 0.05) is 23.3 Å². The van der Waals surface area contributed by atoms with E-state index in [2.05, 4.69) is 4.90 Å². The number of primary amides is 1. The number of nitrogens with two attached hydrogens (primary N) is 2. The summed E-state index contributed by atoms with van der Waals surface area (Å²) in [4.78, 5) is 13.9. The number of hydrogen-bond acceptors (Lipinski definition) is 3. The first-order valence-electron chi connectivity index (χ1n) is 6.69. The van der Waals surface area contributed by atoms with Crippen molar-refractivity contribution in [2.45, 2.75) is 31.7 Å². The molecule has 104 valence electrons. The van der Waals surface area contributed by atoms with Gasteiger partial charge in [0.1, 0.15) is 0 Å². The Balaban J connectivity index is 2.35. The molecule has 1 aromatic rings. The predicted molar refractivity (Wildman–Crippen MR) is 78.6 cm³/mol. The van der Waals surface area contributed by atoms with Crippen LogP contribution in [0.2, 0.25) is 5.02 Å². The molecule has 0 aliphatic carbocycles. The third-order valence-electron chi connectivity index (χ3n) is 3.66. The molecule has 0 bridgehead atoms. The molecule has 1 atom stereocenters. The summed E-state index contributed by atoms with van der Waals surface area (Å²) >= 11 is 5.95. The number of carbonyl (C=O) groups is 1. The molecule has 2 rings (SSSR count). The number of amides is 1. The van der Waals surface area contributed by atoms with Crippen LogP contribution in [0.5, 0.6) is 0 Å². The van der Waals surface area contributed by atoms with E-state index in [1.807, 2.05) is 6.07 Å². The van der Waals surface area contributed by atoms with Gasteiger partial charge in [-0.15, -0.1) is 0 Å². The van der Waals surface area contributed by atoms with Gasteiger partial charge in [-0.1, -0.05) is 11.6 Å². The molecule has 1 saturated heterocycles. The number of halogens is 1. The van der Waals surface area contributed by atoms with Gasteiger partial charge >= 0.3 is 0 Å². The molecule has 5 heteroatoms. The molecular weight excluding hydrogens is 262 g/mol. The van der Waals surface area contributed by atoms with Crippen LogP contribution in [0, 0.1) is 0 Å². The zero-order valence-electron chi connectivity index (χ0n) is 10.9. The first-order valence-corrected chi connectivity index (χ1v) is 7.07. The van der Waals surface area contributed by atoms with Gasteiger partial charge in [-0.25, -0.2) is 0 Å². The normalized spacial score (nSPS) is 19.5. The monoisotopic (exact) mass is 281 g/mol. The number of nitrogens with zero attached hydrogens (tertiary/aromatic N) is 1. The Bertz CT molecular complexity index is 462. The topological polar surface area (TPSA) is 72.3 Å². The maximum Gasteiger partial charge on any atom is 0.250 e. The molecule has 19 heavy (non-hydrogen) atoms. The highest BCUT2D eigenvalue weighted by molar-refractivity contribution is 6.31. The minimum atomic E-state index is -0.436. The molecule has 4 N–H and O–H groups in total. The highest BCUT2D eigenvalue weighted by atomic mass is 35.5. The van der Waals surface area contributed by atoms with Crippen LogP contribution in [0.4, 0.5) is 5.69 Å². The summed E-state index contributed by atoms with van der Waals surface area (Å²) in [5, 5.41) is 0.532. The van der Waals surface area contributed by atoms with Crippen LogP contribution < -0.4 is 16.4 Å². The minimum absolute atomic E-state index is 0.387. The van der Waals surface area contributed by atoms with Gasteiger partial charge in [0.05, 0.1) is 5.56 Å². The van der Waals surface area contributed by atoms with Crippen molar-refractivity contribution < 1.29 is 4.79 Å². The summed E-state index contributed by atoms with van der Waals surface area (Å²) < 4.78 is 0. The molecule has 0 aromatic heterocycles. The van der Waals surface area contributed by atoms with Crippen molar-refractivity contribution in [3.63, 3.8) is 0 Å². The Morgan fingerprint density at radius 1 is 1.42 bits per heavy atom. The van der Waals surface area contributed by atoms with E-state index in [-0.39, 0.29) is 0 Å². The van der Waals surface area contributed by atoms with E-state index < -0.39 is 5.91 Å². The van der Waals surface area contributed by atoms with Crippen molar-refractivity contribution >= 4 is 23.2 Å². The summed E-state index contributed by atoms with van der Waals surface area (Å²) in [6.45, 7) is 1.59. The predicted octanol–water partition coefficient (Wildman–Crippen LogP) is 2.15. The summed E-state index contributed by atoms with van der Waals surface area (Å²) in [7, 11) is 0. The molecule has 1 aliphatic rings. The summed E-state index contributed by atoms with van der Waals surface area (Å²) in [5.41, 5.74) is 12.5. The molecule has 1 heterocycles. The lowest BCUT2D eigenvalue weighted by Gasteiger charge is -2.38. The van der Waals surface area contributed by atoms with Gasteiger partial charge in [-0.05, 0) is 50.4 Å². The first kappa shape index (κ1) is 14.2. The maximum atomic E-state index is 11.6. The zero-order valence-corrected chi connectivity index (χ0v) is 11.7. The smallest absolute Gasteiger partial charge is 0.250 e. The third-order valence-corrected chi connectivity index (χ3v) is 3.90. The van der Waals surface area contributed by atoms with Gasteiger partial charge in [0.15, 0.2) is 0 Å². The van der Waals surface area contributed by atoms with E-state index in [4.69, 9.17) is 23.1 Å². The Kier molecular flexibility index (Phi) is 4.66. The second kappa shape index (κ2) is 6.26. The number of piperidine rings is 1. The van der Waals surface area contributed by atoms with Crippen molar-refractivity contribution in [3.05, 3.63) is 28.8 Å². The number of rotatable bonds is 4. The lowest BCUT2D eigenvalue weighted by molar-refractivity contribution is 0.100. The Labute approximate surface area is 118 Å². The quantitative estimate of drug-likeness (QED) is 0.888. The van der Waals surface area contributed by atoms with Crippen LogP contribution in [-0.2, 0) is 0 Å². The lowest BCUT2D eigenvalue weighted by Crippen LogP contribution is -2.41. The Morgan fingerprint density at radius 2 is 2.21 bits per heavy atom. The number of carbonyl (C=O) groups excluding carboxylic acids is 1. The highest BCUT2D eigenvalue weighted by Crippen LogP contribution is 2.30. The van der Waals surface area contributed by atoms with E-state index in [0.717, 1.165) is 31.5 Å². The average Bonchev–Trinajstić information content (AvgIpc) is 2.40. The lowest BCUT2D eigenvalue weighted by atomic mass is 9.97. The second-order valence-electron chi connectivity index (χ2n) is 4.95. The molecule has 1 fully saturated rings. The van der Waals surface area contributed by atoms with Gasteiger partial charge in [-0.3, -0.25) is 4.79 Å². The molecule has 1 aliphatic heterocycles.